The Kier molecular flexibility index (Phi) is 6.35. The van der Waals surface area contributed by atoms with Gasteiger partial charge in [-0.15, -0.1) is 0 Å². The van der Waals surface area contributed by atoms with E-state index in [0.29, 0.717) is 12.8 Å². The van der Waals surface area contributed by atoms with Crippen LogP contribution in [0, 0.1) is 5.82 Å². The molecule has 144 valence electrons. The second-order valence-corrected chi connectivity index (χ2v) is 8.32. The van der Waals surface area contributed by atoms with Gasteiger partial charge in [-0.25, -0.2) is 17.6 Å². The fraction of sp³-hybridized carbons (Fsp3) is 0.529. The van der Waals surface area contributed by atoms with Crippen molar-refractivity contribution in [2.45, 2.75) is 43.0 Å². The Balaban J connectivity index is 2.08. The van der Waals surface area contributed by atoms with Crippen LogP contribution in [0.3, 0.4) is 0 Å². The summed E-state index contributed by atoms with van der Waals surface area (Å²) in [7, 11) is -2.69. The average Bonchev–Trinajstić information content (AvgIpc) is 3.05. The molecule has 1 N–H and O–H groups in total. The number of ether oxygens (including phenoxy) is 1. The van der Waals surface area contributed by atoms with Gasteiger partial charge in [-0.05, 0) is 44.0 Å². The Morgan fingerprint density at radius 1 is 1.23 bits per heavy atom. The molecule has 0 atom stereocenters. The maximum Gasteiger partial charge on any atom is 0.331 e. The van der Waals surface area contributed by atoms with Gasteiger partial charge in [-0.3, -0.25) is 4.79 Å². The summed E-state index contributed by atoms with van der Waals surface area (Å²) in [5.41, 5.74) is -1.09. The number of amides is 1. The van der Waals surface area contributed by atoms with Crippen LogP contribution in [0.25, 0.3) is 0 Å². The highest BCUT2D eigenvalue weighted by Crippen LogP contribution is 2.31. The number of esters is 1. The van der Waals surface area contributed by atoms with E-state index in [2.05, 4.69) is 5.32 Å². The lowest BCUT2D eigenvalue weighted by Gasteiger charge is -2.28. The Bertz CT molecular complexity index is 758. The van der Waals surface area contributed by atoms with Crippen molar-refractivity contribution < 1.29 is 27.1 Å². The number of rotatable bonds is 7. The van der Waals surface area contributed by atoms with Gasteiger partial charge in [-0.1, -0.05) is 12.8 Å². The molecule has 0 bridgehead atoms. The van der Waals surface area contributed by atoms with E-state index in [1.165, 1.54) is 7.05 Å². The van der Waals surface area contributed by atoms with Gasteiger partial charge in [0.25, 0.3) is 0 Å². The molecule has 1 amide bonds. The Labute approximate surface area is 152 Å². The van der Waals surface area contributed by atoms with Gasteiger partial charge in [-0.2, -0.15) is 4.31 Å². The molecule has 0 spiro atoms. The number of halogens is 1. The Morgan fingerprint density at radius 3 is 2.35 bits per heavy atom. The quantitative estimate of drug-likeness (QED) is 0.716. The number of carbonyl (C=O) groups is 2. The Morgan fingerprint density at radius 2 is 1.81 bits per heavy atom. The molecule has 1 aromatic carbocycles. The van der Waals surface area contributed by atoms with Crippen LogP contribution in [0.4, 0.5) is 4.39 Å². The maximum atomic E-state index is 13.0. The highest BCUT2D eigenvalue weighted by Gasteiger charge is 2.44. The van der Waals surface area contributed by atoms with E-state index in [0.717, 1.165) is 41.4 Å². The minimum Gasteiger partial charge on any atom is -0.464 e. The Hall–Kier alpha value is -2.00. The van der Waals surface area contributed by atoms with Crippen molar-refractivity contribution in [3.05, 3.63) is 30.1 Å². The molecule has 26 heavy (non-hydrogen) atoms. The molecule has 0 aromatic heterocycles. The lowest BCUT2D eigenvalue weighted by Crippen LogP contribution is -2.55. The van der Waals surface area contributed by atoms with Crippen LogP contribution in [0.15, 0.2) is 29.2 Å². The van der Waals surface area contributed by atoms with Crippen molar-refractivity contribution in [2.24, 2.45) is 0 Å². The predicted molar refractivity (Wildman–Crippen MR) is 92.2 cm³/mol. The normalized spacial score (nSPS) is 16.5. The number of carbonyl (C=O) groups excluding carboxylic acids is 2. The molecule has 0 radical (unpaired) electrons. The number of hydrogen-bond acceptors (Lipinski definition) is 5. The largest absolute Gasteiger partial charge is 0.464 e. The molecule has 9 heteroatoms. The van der Waals surface area contributed by atoms with Crippen LogP contribution in [-0.2, 0) is 24.3 Å². The molecule has 1 aliphatic rings. The molecule has 1 fully saturated rings. The zero-order chi connectivity index (χ0) is 19.4. The number of nitrogens with one attached hydrogen (secondary N) is 1. The van der Waals surface area contributed by atoms with Crippen LogP contribution >= 0.6 is 0 Å². The van der Waals surface area contributed by atoms with E-state index in [9.17, 15) is 22.4 Å². The first kappa shape index (κ1) is 20.3. The van der Waals surface area contributed by atoms with Crippen LogP contribution < -0.4 is 5.32 Å². The van der Waals surface area contributed by atoms with Gasteiger partial charge in [0.2, 0.25) is 15.9 Å². The zero-order valence-electron chi connectivity index (χ0n) is 14.8. The van der Waals surface area contributed by atoms with Gasteiger partial charge >= 0.3 is 5.97 Å². The third-order valence-electron chi connectivity index (χ3n) is 4.39. The molecule has 0 heterocycles. The topological polar surface area (TPSA) is 92.8 Å². The second-order valence-electron chi connectivity index (χ2n) is 6.27. The minimum atomic E-state index is -3.95. The summed E-state index contributed by atoms with van der Waals surface area (Å²) in [6.07, 6.45) is 2.49. The van der Waals surface area contributed by atoms with Gasteiger partial charge in [0.05, 0.1) is 18.0 Å². The fourth-order valence-electron chi connectivity index (χ4n) is 3.01. The number of nitrogens with zero attached hydrogens (tertiary/aromatic N) is 1. The first-order chi connectivity index (χ1) is 12.2. The highest BCUT2D eigenvalue weighted by atomic mass is 32.2. The van der Waals surface area contributed by atoms with E-state index >= 15 is 0 Å². The smallest absolute Gasteiger partial charge is 0.331 e. The summed E-state index contributed by atoms with van der Waals surface area (Å²) in [6.45, 7) is 1.43. The fourth-order valence-corrected chi connectivity index (χ4v) is 4.14. The molecule has 2 rings (SSSR count). The van der Waals surface area contributed by atoms with Crippen molar-refractivity contribution in [1.29, 1.82) is 0 Å². The van der Waals surface area contributed by atoms with Crippen molar-refractivity contribution >= 4 is 21.9 Å². The number of likely N-dealkylation sites (N-methyl/N-ethyl adjacent to an activating group) is 1. The SMILES string of the molecule is CCOC(=O)C1(NC(=O)CN(C)S(=O)(=O)c2ccc(F)cc2)CCCC1. The predicted octanol–water partition coefficient (Wildman–Crippen LogP) is 1.44. The van der Waals surface area contributed by atoms with E-state index in [1.807, 2.05) is 0 Å². The first-order valence-electron chi connectivity index (χ1n) is 8.41. The number of hydrogen-bond donors (Lipinski definition) is 1. The van der Waals surface area contributed by atoms with Crippen LogP contribution in [-0.4, -0.2) is 50.3 Å². The van der Waals surface area contributed by atoms with Gasteiger partial charge in [0.15, 0.2) is 0 Å². The molecule has 1 aromatic rings. The summed E-state index contributed by atoms with van der Waals surface area (Å²) >= 11 is 0. The lowest BCUT2D eigenvalue weighted by molar-refractivity contribution is -0.153. The lowest BCUT2D eigenvalue weighted by atomic mass is 9.97. The summed E-state index contributed by atoms with van der Waals surface area (Å²) in [5, 5.41) is 2.66. The summed E-state index contributed by atoms with van der Waals surface area (Å²) in [5.74, 6) is -1.63. The van der Waals surface area contributed by atoms with Crippen LogP contribution in [0.1, 0.15) is 32.6 Å². The average molecular weight is 386 g/mol. The molecule has 7 nitrogen and oxygen atoms in total. The monoisotopic (exact) mass is 386 g/mol. The third-order valence-corrected chi connectivity index (χ3v) is 6.21. The molecular weight excluding hydrogens is 363 g/mol. The van der Waals surface area contributed by atoms with Crippen molar-refractivity contribution in [3.8, 4) is 0 Å². The van der Waals surface area contributed by atoms with Crippen molar-refractivity contribution in [3.63, 3.8) is 0 Å². The second kappa shape index (κ2) is 8.13. The summed E-state index contributed by atoms with van der Waals surface area (Å²) < 4.78 is 43.8. The highest BCUT2D eigenvalue weighted by molar-refractivity contribution is 7.89. The zero-order valence-corrected chi connectivity index (χ0v) is 15.6. The van der Waals surface area contributed by atoms with E-state index < -0.39 is 39.8 Å². The molecule has 0 aliphatic heterocycles. The molecule has 0 unspecified atom stereocenters. The first-order valence-corrected chi connectivity index (χ1v) is 9.85. The summed E-state index contributed by atoms with van der Waals surface area (Å²) in [6, 6.07) is 4.34. The van der Waals surface area contributed by atoms with Crippen LogP contribution in [0.5, 0.6) is 0 Å². The van der Waals surface area contributed by atoms with E-state index in [-0.39, 0.29) is 11.5 Å². The molecule has 0 saturated heterocycles. The van der Waals surface area contributed by atoms with Crippen molar-refractivity contribution in [1.82, 2.24) is 9.62 Å². The van der Waals surface area contributed by atoms with E-state index in [4.69, 9.17) is 4.74 Å². The maximum absolute atomic E-state index is 13.0. The van der Waals surface area contributed by atoms with Crippen molar-refractivity contribution in [2.75, 3.05) is 20.2 Å². The van der Waals surface area contributed by atoms with Gasteiger partial charge in [0, 0.05) is 7.05 Å². The standard InChI is InChI=1S/C17H23FN2O5S/c1-3-25-16(22)17(10-4-5-11-17)19-15(21)12-20(2)26(23,24)14-8-6-13(18)7-9-14/h6-9H,3-5,10-12H2,1-2H3,(H,19,21). The minimum absolute atomic E-state index is 0.116. The summed E-state index contributed by atoms with van der Waals surface area (Å²) in [4.78, 5) is 24.5. The molecule has 1 aliphatic carbocycles. The number of benzene rings is 1. The molecule has 1 saturated carbocycles. The van der Waals surface area contributed by atoms with Gasteiger partial charge in [0.1, 0.15) is 11.4 Å². The number of sulfonamides is 1. The van der Waals surface area contributed by atoms with Crippen LogP contribution in [0.2, 0.25) is 0 Å². The molecular formula is C17H23FN2O5S. The van der Waals surface area contributed by atoms with E-state index in [1.54, 1.807) is 6.92 Å². The van der Waals surface area contributed by atoms with Gasteiger partial charge < -0.3 is 10.1 Å². The third kappa shape index (κ3) is 4.39.